The summed E-state index contributed by atoms with van der Waals surface area (Å²) in [4.78, 5) is 32.6. The van der Waals surface area contributed by atoms with Crippen molar-refractivity contribution in [1.82, 2.24) is 8.96 Å². The Morgan fingerprint density at radius 3 is 2.10 bits per heavy atom. The van der Waals surface area contributed by atoms with Crippen molar-refractivity contribution >= 4 is 68.8 Å². The summed E-state index contributed by atoms with van der Waals surface area (Å²) in [5, 5.41) is 3.16. The van der Waals surface area contributed by atoms with Crippen LogP contribution in [0, 0.1) is 11.8 Å². The molecule has 3 aromatic carbocycles. The third-order valence-electron chi connectivity index (χ3n) is 5.85. The highest BCUT2D eigenvalue weighted by atomic mass is 35.5. The first-order chi connectivity index (χ1) is 18.6. The van der Waals surface area contributed by atoms with Crippen molar-refractivity contribution in [3.05, 3.63) is 100 Å². The van der Waals surface area contributed by atoms with E-state index in [1.807, 2.05) is 88.4 Å². The minimum Gasteiger partial charge on any atom is -0.352 e. The molecule has 0 saturated carbocycles. The largest absolute Gasteiger partial charge is 0.352 e. The van der Waals surface area contributed by atoms with Gasteiger partial charge in [0.05, 0.1) is 16.9 Å². The van der Waals surface area contributed by atoms with Crippen LogP contribution in [-0.4, -0.2) is 20.5 Å². The minimum absolute atomic E-state index is 0.00790. The van der Waals surface area contributed by atoms with Crippen LogP contribution in [0.3, 0.4) is 0 Å². The Morgan fingerprint density at radius 2 is 1.44 bits per heavy atom. The maximum Gasteiger partial charge on any atom is 0.182 e. The van der Waals surface area contributed by atoms with E-state index < -0.39 is 0 Å². The van der Waals surface area contributed by atoms with Crippen LogP contribution in [0.4, 0.5) is 0 Å². The SMILES string of the molecule is CC(C)C(=O)c1cc2cc(Cl)ccc2[nH]1.CC(C)C(=O)c1cc2cc(Cl)ccc2n1SOOc1ccccc1. The van der Waals surface area contributed by atoms with Gasteiger partial charge in [-0.15, -0.1) is 0 Å². The van der Waals surface area contributed by atoms with Crippen LogP contribution >= 0.6 is 35.4 Å². The molecule has 2 heterocycles. The number of carbonyl (C=O) groups is 2. The molecule has 0 saturated heterocycles. The number of aromatic amines is 1. The lowest BCUT2D eigenvalue weighted by atomic mass is 10.1. The van der Waals surface area contributed by atoms with Crippen LogP contribution in [0.5, 0.6) is 5.75 Å². The molecule has 0 bridgehead atoms. The van der Waals surface area contributed by atoms with Crippen LogP contribution < -0.4 is 4.89 Å². The number of H-pyrrole nitrogens is 1. The third kappa shape index (κ3) is 7.05. The van der Waals surface area contributed by atoms with E-state index in [2.05, 4.69) is 4.98 Å². The number of carbonyl (C=O) groups excluding carboxylic acids is 2. The fourth-order valence-corrected chi connectivity index (χ4v) is 4.82. The lowest BCUT2D eigenvalue weighted by Crippen LogP contribution is -2.11. The molecule has 0 spiro atoms. The van der Waals surface area contributed by atoms with E-state index in [0.29, 0.717) is 27.2 Å². The number of para-hydroxylation sites is 1. The fourth-order valence-electron chi connectivity index (χ4n) is 3.82. The number of benzene rings is 3. The number of hydrogen-bond acceptors (Lipinski definition) is 5. The Morgan fingerprint density at radius 1 is 0.795 bits per heavy atom. The topological polar surface area (TPSA) is 73.3 Å². The molecule has 202 valence electrons. The Balaban J connectivity index is 0.000000202. The minimum atomic E-state index is -0.126. The van der Waals surface area contributed by atoms with Crippen molar-refractivity contribution in [2.45, 2.75) is 27.7 Å². The first-order valence-corrected chi connectivity index (χ1v) is 13.8. The average molecular weight is 584 g/mol. The summed E-state index contributed by atoms with van der Waals surface area (Å²) in [6, 6.07) is 23.8. The maximum absolute atomic E-state index is 12.5. The summed E-state index contributed by atoms with van der Waals surface area (Å²) in [5.41, 5.74) is 2.99. The van der Waals surface area contributed by atoms with Gasteiger partial charge >= 0.3 is 0 Å². The molecule has 39 heavy (non-hydrogen) atoms. The van der Waals surface area contributed by atoms with Crippen LogP contribution in [0.15, 0.2) is 78.9 Å². The molecule has 6 nitrogen and oxygen atoms in total. The Hall–Kier alpha value is -3.23. The quantitative estimate of drug-likeness (QED) is 0.0853. The van der Waals surface area contributed by atoms with E-state index in [1.54, 1.807) is 22.2 Å². The van der Waals surface area contributed by atoms with Gasteiger partial charge in [-0.1, -0.05) is 73.4 Å². The van der Waals surface area contributed by atoms with Crippen LogP contribution in [0.2, 0.25) is 10.0 Å². The molecule has 0 aliphatic heterocycles. The normalized spacial score (nSPS) is 11.2. The van der Waals surface area contributed by atoms with E-state index in [4.69, 9.17) is 32.4 Å². The van der Waals surface area contributed by atoms with Crippen molar-refractivity contribution in [3.63, 3.8) is 0 Å². The number of Topliss-reactive ketones (excluding diaryl/α,β-unsaturated/α-hetero) is 2. The van der Waals surface area contributed by atoms with Gasteiger partial charge in [-0.25, -0.2) is 0 Å². The van der Waals surface area contributed by atoms with Crippen LogP contribution in [0.25, 0.3) is 21.8 Å². The summed E-state index contributed by atoms with van der Waals surface area (Å²) < 4.78 is 6.99. The first-order valence-electron chi connectivity index (χ1n) is 12.4. The Kier molecular flexibility index (Phi) is 9.40. The van der Waals surface area contributed by atoms with Crippen LogP contribution in [-0.2, 0) is 4.33 Å². The summed E-state index contributed by atoms with van der Waals surface area (Å²) in [7, 11) is 0. The van der Waals surface area contributed by atoms with E-state index in [-0.39, 0.29) is 23.4 Å². The Bertz CT molecular complexity index is 1610. The number of rotatable bonds is 8. The van der Waals surface area contributed by atoms with Gasteiger partial charge in [0.25, 0.3) is 0 Å². The highest BCUT2D eigenvalue weighted by Gasteiger charge is 2.20. The lowest BCUT2D eigenvalue weighted by molar-refractivity contribution is -0.0786. The van der Waals surface area contributed by atoms with E-state index in [9.17, 15) is 9.59 Å². The second-order valence-corrected chi connectivity index (χ2v) is 11.0. The number of ketones is 2. The number of fused-ring (bicyclic) bond motifs is 2. The van der Waals surface area contributed by atoms with Crippen molar-refractivity contribution in [2.75, 3.05) is 0 Å². The maximum atomic E-state index is 12.5. The molecule has 0 aliphatic carbocycles. The molecule has 0 radical (unpaired) electrons. The molecule has 5 aromatic rings. The van der Waals surface area contributed by atoms with Crippen molar-refractivity contribution in [1.29, 1.82) is 0 Å². The molecular formula is C30H28Cl2N2O4S. The van der Waals surface area contributed by atoms with Gasteiger partial charge in [0, 0.05) is 38.2 Å². The van der Waals surface area contributed by atoms with Crippen LogP contribution in [0.1, 0.15) is 48.7 Å². The molecule has 0 aliphatic rings. The molecule has 0 atom stereocenters. The van der Waals surface area contributed by atoms with E-state index >= 15 is 0 Å². The van der Waals surface area contributed by atoms with Gasteiger partial charge in [0.2, 0.25) is 0 Å². The van der Waals surface area contributed by atoms with Gasteiger partial charge in [0.15, 0.2) is 29.5 Å². The first kappa shape index (κ1) is 28.8. The molecule has 2 aromatic heterocycles. The van der Waals surface area contributed by atoms with E-state index in [0.717, 1.165) is 34.0 Å². The molecular weight excluding hydrogens is 555 g/mol. The number of hydrogen-bond donors (Lipinski definition) is 1. The summed E-state index contributed by atoms with van der Waals surface area (Å²) in [6.45, 7) is 7.51. The number of aromatic nitrogens is 2. The van der Waals surface area contributed by atoms with Gasteiger partial charge in [-0.05, 0) is 60.7 Å². The monoisotopic (exact) mass is 582 g/mol. The molecule has 9 heteroatoms. The number of nitrogens with one attached hydrogen (secondary N) is 1. The van der Waals surface area contributed by atoms with Gasteiger partial charge in [-0.2, -0.15) is 0 Å². The third-order valence-corrected chi connectivity index (χ3v) is 6.99. The van der Waals surface area contributed by atoms with E-state index in [1.165, 1.54) is 0 Å². The second-order valence-electron chi connectivity index (χ2n) is 9.52. The zero-order valence-electron chi connectivity index (χ0n) is 21.9. The van der Waals surface area contributed by atoms with Crippen molar-refractivity contribution in [2.24, 2.45) is 11.8 Å². The molecule has 0 unspecified atom stereocenters. The molecule has 1 N–H and O–H groups in total. The predicted molar refractivity (Wildman–Crippen MR) is 160 cm³/mol. The standard InChI is InChI=1S/C18H16ClNO3S.C12H12ClNO/c1-12(2)18(21)17-11-13-10-14(19)8-9-16(13)20(17)24-23-22-15-6-4-3-5-7-15;1-7(2)12(15)11-6-8-5-9(13)3-4-10(8)14-11/h3-12H,1-2H3;3-7,14H,1-2H3. The number of nitrogens with zero attached hydrogens (tertiary/aromatic N) is 1. The predicted octanol–water partition coefficient (Wildman–Crippen LogP) is 9.22. The summed E-state index contributed by atoms with van der Waals surface area (Å²) >= 11 is 12.9. The highest BCUT2D eigenvalue weighted by molar-refractivity contribution is 7.93. The lowest BCUT2D eigenvalue weighted by Gasteiger charge is -2.09. The Labute approximate surface area is 241 Å². The fraction of sp³-hybridized carbons (Fsp3) is 0.200. The van der Waals surface area contributed by atoms with Gasteiger partial charge in [-0.3, -0.25) is 13.6 Å². The molecule has 0 fully saturated rings. The molecule has 0 amide bonds. The second kappa shape index (κ2) is 12.7. The smallest absolute Gasteiger partial charge is 0.182 e. The zero-order valence-corrected chi connectivity index (χ0v) is 24.2. The van der Waals surface area contributed by atoms with Crippen molar-refractivity contribution in [3.8, 4) is 5.75 Å². The number of halogens is 2. The molecule has 5 rings (SSSR count). The van der Waals surface area contributed by atoms with Gasteiger partial charge < -0.3 is 9.87 Å². The summed E-state index contributed by atoms with van der Waals surface area (Å²) in [5.74, 6) is 0.620. The van der Waals surface area contributed by atoms with Crippen molar-refractivity contribution < 1.29 is 18.8 Å². The van der Waals surface area contributed by atoms with Gasteiger partial charge in [0.1, 0.15) is 0 Å². The average Bonchev–Trinajstić information content (AvgIpc) is 3.49. The zero-order chi connectivity index (χ0) is 28.1. The highest BCUT2D eigenvalue weighted by Crippen LogP contribution is 2.30. The summed E-state index contributed by atoms with van der Waals surface area (Å²) in [6.07, 6.45) is 0.